The number of ether oxygens (including phenoxy) is 4. The van der Waals surface area contributed by atoms with E-state index >= 15 is 0 Å². The van der Waals surface area contributed by atoms with E-state index in [4.69, 9.17) is 35.4 Å². The minimum Gasteiger partial charge on any atom is -0.493 e. The topological polar surface area (TPSA) is 83.5 Å². The third kappa shape index (κ3) is 3.10. The van der Waals surface area contributed by atoms with Gasteiger partial charge in [0.1, 0.15) is 11.1 Å². The van der Waals surface area contributed by atoms with E-state index in [0.717, 1.165) is 5.56 Å². The molecule has 2 aromatic carbocycles. The van der Waals surface area contributed by atoms with Crippen molar-refractivity contribution in [2.75, 3.05) is 35.0 Å². The molecule has 0 saturated heterocycles. The fraction of sp³-hybridized carbons (Fsp3) is 0.304. The van der Waals surface area contributed by atoms with Gasteiger partial charge in [0.05, 0.1) is 28.4 Å². The van der Waals surface area contributed by atoms with E-state index in [2.05, 4.69) is 0 Å². The molecule has 0 fully saturated rings. The van der Waals surface area contributed by atoms with Crippen LogP contribution in [0.5, 0.6) is 11.5 Å². The molecule has 8 nitrogen and oxygen atoms in total. The molecule has 2 aliphatic rings. The van der Waals surface area contributed by atoms with Crippen molar-refractivity contribution in [1.82, 2.24) is 5.06 Å². The number of methoxy groups -OCH3 is 4. The zero-order valence-corrected chi connectivity index (χ0v) is 18.8. The van der Waals surface area contributed by atoms with Gasteiger partial charge in [-0.3, -0.25) is 0 Å². The van der Waals surface area contributed by atoms with Crippen LogP contribution >= 0.6 is 11.6 Å². The number of hydrogen-bond donors (Lipinski definition) is 0. The summed E-state index contributed by atoms with van der Waals surface area (Å²) < 4.78 is 21.0. The highest BCUT2D eigenvalue weighted by atomic mass is 35.5. The molecule has 0 saturated carbocycles. The Morgan fingerprint density at radius 3 is 2.19 bits per heavy atom. The van der Waals surface area contributed by atoms with Crippen LogP contribution in [0.3, 0.4) is 0 Å². The van der Waals surface area contributed by atoms with Crippen LogP contribution in [0.4, 0.5) is 0 Å². The summed E-state index contributed by atoms with van der Waals surface area (Å²) in [5, 5.41) is 2.12. The largest absolute Gasteiger partial charge is 0.493 e. The lowest BCUT2D eigenvalue weighted by Gasteiger charge is -2.43. The van der Waals surface area contributed by atoms with Crippen LogP contribution in [-0.4, -0.2) is 52.0 Å². The van der Waals surface area contributed by atoms with Crippen molar-refractivity contribution in [3.63, 3.8) is 0 Å². The molecule has 0 aliphatic carbocycles. The number of esters is 2. The van der Waals surface area contributed by atoms with Gasteiger partial charge in [-0.15, -0.1) is 5.06 Å². The average Bonchev–Trinajstić information content (AvgIpc) is 3.18. The van der Waals surface area contributed by atoms with Crippen molar-refractivity contribution >= 4 is 23.5 Å². The van der Waals surface area contributed by atoms with Gasteiger partial charge in [0.2, 0.25) is 5.76 Å². The summed E-state index contributed by atoms with van der Waals surface area (Å²) in [5.41, 5.74) is 0.985. The second-order valence-electron chi connectivity index (χ2n) is 7.21. The molecule has 0 unspecified atom stereocenters. The molecule has 9 heteroatoms. The number of benzene rings is 2. The highest BCUT2D eigenvalue weighted by molar-refractivity contribution is 6.30. The predicted molar refractivity (Wildman–Crippen MR) is 114 cm³/mol. The number of nitrogens with zero attached hydrogens (tertiary/aromatic N) is 1. The molecule has 32 heavy (non-hydrogen) atoms. The van der Waals surface area contributed by atoms with Gasteiger partial charge in [-0.05, 0) is 47.4 Å². The Balaban J connectivity index is 2.13. The van der Waals surface area contributed by atoms with Crippen molar-refractivity contribution < 1.29 is 33.4 Å². The maximum atomic E-state index is 13.2. The van der Waals surface area contributed by atoms with Crippen molar-refractivity contribution in [2.45, 2.75) is 12.0 Å². The van der Waals surface area contributed by atoms with Gasteiger partial charge in [-0.1, -0.05) is 23.7 Å². The maximum absolute atomic E-state index is 13.2. The Kier molecular flexibility index (Phi) is 5.75. The first-order chi connectivity index (χ1) is 15.4. The Morgan fingerprint density at radius 1 is 0.969 bits per heavy atom. The number of carbonyl (C=O) groups excluding carboxylic acids is 2. The summed E-state index contributed by atoms with van der Waals surface area (Å²) >= 11 is 6.15. The van der Waals surface area contributed by atoms with Crippen LogP contribution in [0.1, 0.15) is 16.7 Å². The summed E-state index contributed by atoms with van der Waals surface area (Å²) in [7, 11) is 5.56. The van der Waals surface area contributed by atoms with Gasteiger partial charge < -0.3 is 23.8 Å². The minimum absolute atomic E-state index is 0.0161. The quantitative estimate of drug-likeness (QED) is 0.631. The van der Waals surface area contributed by atoms with Gasteiger partial charge in [-0.2, -0.15) is 0 Å². The zero-order chi connectivity index (χ0) is 23.0. The summed E-state index contributed by atoms with van der Waals surface area (Å²) in [6, 6.07) is 10.7. The van der Waals surface area contributed by atoms with Gasteiger partial charge in [-0.25, -0.2) is 9.59 Å². The SMILES string of the molecule is COC(=O)C1=C(C(=O)OC)[C@]2(c3ccc(Cl)cc3)c3cc(OC)c(OC)cc3CCN2O1. The number of hydroxylamine groups is 2. The third-order valence-electron chi connectivity index (χ3n) is 5.77. The Bertz CT molecular complexity index is 1110. The lowest BCUT2D eigenvalue weighted by Crippen LogP contribution is -2.50. The van der Waals surface area contributed by atoms with E-state index in [-0.39, 0.29) is 11.3 Å². The predicted octanol–water partition coefficient (Wildman–Crippen LogP) is 3.00. The van der Waals surface area contributed by atoms with Crippen molar-refractivity contribution in [1.29, 1.82) is 0 Å². The van der Waals surface area contributed by atoms with E-state index in [1.165, 1.54) is 21.3 Å². The van der Waals surface area contributed by atoms with Gasteiger partial charge in [0, 0.05) is 11.6 Å². The molecule has 4 rings (SSSR count). The van der Waals surface area contributed by atoms with E-state index in [1.54, 1.807) is 42.5 Å². The number of halogens is 1. The highest BCUT2D eigenvalue weighted by Gasteiger charge is 2.59. The molecule has 0 spiro atoms. The maximum Gasteiger partial charge on any atom is 0.376 e. The molecule has 2 aliphatic heterocycles. The van der Waals surface area contributed by atoms with E-state index < -0.39 is 17.5 Å². The molecule has 2 heterocycles. The van der Waals surface area contributed by atoms with Crippen molar-refractivity contribution in [3.8, 4) is 11.5 Å². The molecular formula is C23H22ClNO7. The summed E-state index contributed by atoms with van der Waals surface area (Å²) in [4.78, 5) is 31.8. The molecule has 1 atom stereocenters. The highest BCUT2D eigenvalue weighted by Crippen LogP contribution is 2.54. The third-order valence-corrected chi connectivity index (χ3v) is 6.02. The smallest absolute Gasteiger partial charge is 0.376 e. The Labute approximate surface area is 190 Å². The van der Waals surface area contributed by atoms with Gasteiger partial charge >= 0.3 is 11.9 Å². The van der Waals surface area contributed by atoms with Gasteiger partial charge in [0.15, 0.2) is 11.5 Å². The van der Waals surface area contributed by atoms with Crippen LogP contribution < -0.4 is 9.47 Å². The number of carbonyl (C=O) groups is 2. The number of rotatable bonds is 5. The Hall–Kier alpha value is -3.23. The van der Waals surface area contributed by atoms with Crippen LogP contribution in [0, 0.1) is 0 Å². The second kappa shape index (κ2) is 8.37. The van der Waals surface area contributed by atoms with E-state index in [9.17, 15) is 9.59 Å². The fourth-order valence-corrected chi connectivity index (χ4v) is 4.52. The number of fused-ring (bicyclic) bond motifs is 3. The molecule has 0 aromatic heterocycles. The number of hydrogen-bond acceptors (Lipinski definition) is 8. The summed E-state index contributed by atoms with van der Waals surface area (Å²) in [6.07, 6.45) is 0.577. The van der Waals surface area contributed by atoms with Crippen molar-refractivity contribution in [3.05, 3.63) is 69.4 Å². The zero-order valence-electron chi connectivity index (χ0n) is 18.1. The first-order valence-corrected chi connectivity index (χ1v) is 10.2. The van der Waals surface area contributed by atoms with E-state index in [0.29, 0.717) is 40.6 Å². The molecule has 0 radical (unpaired) electrons. The molecule has 0 bridgehead atoms. The summed E-state index contributed by atoms with van der Waals surface area (Å²) in [5.74, 6) is -0.698. The van der Waals surface area contributed by atoms with Gasteiger partial charge in [0.25, 0.3) is 0 Å². The molecule has 2 aromatic rings. The van der Waals surface area contributed by atoms with Crippen LogP contribution in [0.25, 0.3) is 0 Å². The second-order valence-corrected chi connectivity index (χ2v) is 7.65. The first kappa shape index (κ1) is 22.0. The van der Waals surface area contributed by atoms with Crippen molar-refractivity contribution in [2.24, 2.45) is 0 Å². The Morgan fingerprint density at radius 2 is 1.59 bits per heavy atom. The lowest BCUT2D eigenvalue weighted by molar-refractivity contribution is -0.170. The monoisotopic (exact) mass is 459 g/mol. The minimum atomic E-state index is -1.30. The van der Waals surface area contributed by atoms with Crippen LogP contribution in [0.15, 0.2) is 47.7 Å². The molecular weight excluding hydrogens is 438 g/mol. The lowest BCUT2D eigenvalue weighted by atomic mass is 9.72. The average molecular weight is 460 g/mol. The standard InChI is InChI=1S/C23H22ClNO7/c1-28-17-11-13-9-10-25-23(16(13)12-18(17)29-2,14-5-7-15(24)8-6-14)19(21(26)30-3)20(32-25)22(27)31-4/h5-8,11-12H,9-10H2,1-4H3/t23-/m0/s1. The molecule has 0 N–H and O–H groups in total. The van der Waals surface area contributed by atoms with Crippen LogP contribution in [-0.2, 0) is 35.9 Å². The fourth-order valence-electron chi connectivity index (χ4n) is 4.39. The van der Waals surface area contributed by atoms with E-state index in [1.807, 2.05) is 6.07 Å². The normalized spacial score (nSPS) is 19.5. The molecule has 0 amide bonds. The first-order valence-electron chi connectivity index (χ1n) is 9.80. The molecule has 168 valence electrons. The van der Waals surface area contributed by atoms with Crippen LogP contribution in [0.2, 0.25) is 5.02 Å². The summed E-state index contributed by atoms with van der Waals surface area (Å²) in [6.45, 7) is 0.381.